The third-order valence-electron chi connectivity index (χ3n) is 4.66. The van der Waals surface area contributed by atoms with Gasteiger partial charge in [0.25, 0.3) is 0 Å². The summed E-state index contributed by atoms with van der Waals surface area (Å²) in [6.07, 6.45) is 17.0. The zero-order chi connectivity index (χ0) is 18.1. The molecule has 145 valence electrons. The van der Waals surface area contributed by atoms with E-state index in [1.807, 2.05) is 0 Å². The fourth-order valence-electron chi connectivity index (χ4n) is 3.04. The van der Waals surface area contributed by atoms with Crippen molar-refractivity contribution in [3.63, 3.8) is 0 Å². The molecule has 0 rings (SSSR count). The summed E-state index contributed by atoms with van der Waals surface area (Å²) in [5.41, 5.74) is 0. The zero-order valence-electron chi connectivity index (χ0n) is 17.4. The summed E-state index contributed by atoms with van der Waals surface area (Å²) in [4.78, 5) is 0. The van der Waals surface area contributed by atoms with E-state index in [1.165, 1.54) is 83.1 Å². The molecule has 0 saturated heterocycles. The predicted octanol–water partition coefficient (Wildman–Crippen LogP) is 7.14. The van der Waals surface area contributed by atoms with Gasteiger partial charge in [0, 0.05) is 7.11 Å². The van der Waals surface area contributed by atoms with Crippen LogP contribution in [0.1, 0.15) is 105 Å². The molecular weight excluding hydrogens is 312 g/mol. The molecule has 0 saturated carbocycles. The number of unbranched alkanes of at least 4 members (excludes halogenated alkanes) is 11. The van der Waals surface area contributed by atoms with Crippen molar-refractivity contribution in [2.45, 2.75) is 116 Å². The lowest BCUT2D eigenvalue weighted by Gasteiger charge is -2.28. The molecule has 0 atom stereocenters. The topological polar surface area (TPSA) is 18.5 Å². The molecule has 0 aliphatic heterocycles. The highest BCUT2D eigenvalue weighted by atomic mass is 28.3. The Morgan fingerprint density at radius 3 is 1.54 bits per heavy atom. The first-order valence-corrected chi connectivity index (χ1v) is 12.1. The first-order chi connectivity index (χ1) is 11.5. The molecule has 0 heterocycles. The molecule has 1 radical (unpaired) electrons. The van der Waals surface area contributed by atoms with Crippen LogP contribution in [0.2, 0.25) is 11.1 Å². The van der Waals surface area contributed by atoms with E-state index in [1.54, 1.807) is 7.11 Å². The SMILES string of the molecule is CCCCCCCCCCCCCC[Si](OCCOC)C(C)(C)C. The average molecular weight is 358 g/mol. The Labute approximate surface area is 154 Å². The predicted molar refractivity (Wildman–Crippen MR) is 109 cm³/mol. The standard InChI is InChI=1S/C21H45O2Si/c1-6-7-8-9-10-11-12-13-14-15-16-17-20-24(21(2,3)4)23-19-18-22-5/h6-20H2,1-5H3. The molecule has 0 aliphatic carbocycles. The minimum Gasteiger partial charge on any atom is -0.414 e. The van der Waals surface area contributed by atoms with Crippen molar-refractivity contribution in [1.82, 2.24) is 0 Å². The largest absolute Gasteiger partial charge is 0.414 e. The van der Waals surface area contributed by atoms with Gasteiger partial charge in [-0.3, -0.25) is 0 Å². The molecule has 0 N–H and O–H groups in total. The van der Waals surface area contributed by atoms with Crippen LogP contribution < -0.4 is 0 Å². The van der Waals surface area contributed by atoms with Crippen molar-refractivity contribution in [2.24, 2.45) is 0 Å². The second-order valence-electron chi connectivity index (χ2n) is 8.15. The summed E-state index contributed by atoms with van der Waals surface area (Å²) < 4.78 is 11.2. The van der Waals surface area contributed by atoms with E-state index < -0.39 is 9.04 Å². The quantitative estimate of drug-likeness (QED) is 0.203. The average Bonchev–Trinajstić information content (AvgIpc) is 2.53. The number of hydrogen-bond acceptors (Lipinski definition) is 2. The van der Waals surface area contributed by atoms with Gasteiger partial charge < -0.3 is 9.16 Å². The number of rotatable bonds is 17. The molecule has 0 fully saturated rings. The Kier molecular flexibility index (Phi) is 16.7. The van der Waals surface area contributed by atoms with Crippen LogP contribution in [0.15, 0.2) is 0 Å². The van der Waals surface area contributed by atoms with Crippen LogP contribution in [0.3, 0.4) is 0 Å². The Balaban J connectivity index is 3.48. The van der Waals surface area contributed by atoms with Crippen molar-refractivity contribution in [1.29, 1.82) is 0 Å². The van der Waals surface area contributed by atoms with E-state index in [-0.39, 0.29) is 0 Å². The lowest BCUT2D eigenvalue weighted by atomic mass is 10.1. The maximum atomic E-state index is 6.12. The maximum Gasteiger partial charge on any atom is 0.217 e. The van der Waals surface area contributed by atoms with Crippen LogP contribution in [-0.2, 0) is 9.16 Å². The van der Waals surface area contributed by atoms with E-state index in [4.69, 9.17) is 9.16 Å². The van der Waals surface area contributed by atoms with Crippen LogP contribution in [0, 0.1) is 0 Å². The third kappa shape index (κ3) is 15.7. The highest BCUT2D eigenvalue weighted by Gasteiger charge is 2.28. The lowest BCUT2D eigenvalue weighted by molar-refractivity contribution is 0.142. The number of ether oxygens (including phenoxy) is 1. The van der Waals surface area contributed by atoms with Crippen LogP contribution in [0.25, 0.3) is 0 Å². The minimum atomic E-state index is -0.725. The molecule has 0 unspecified atom stereocenters. The molecule has 24 heavy (non-hydrogen) atoms. The van der Waals surface area contributed by atoms with E-state index in [0.29, 0.717) is 5.04 Å². The molecule has 0 aromatic carbocycles. The van der Waals surface area contributed by atoms with Crippen molar-refractivity contribution in [3.8, 4) is 0 Å². The summed E-state index contributed by atoms with van der Waals surface area (Å²) in [5.74, 6) is 0. The minimum absolute atomic E-state index is 0.330. The van der Waals surface area contributed by atoms with E-state index in [0.717, 1.165) is 13.2 Å². The van der Waals surface area contributed by atoms with Crippen molar-refractivity contribution < 1.29 is 9.16 Å². The fraction of sp³-hybridized carbons (Fsp3) is 1.00. The Morgan fingerprint density at radius 2 is 1.12 bits per heavy atom. The van der Waals surface area contributed by atoms with Crippen LogP contribution in [0.4, 0.5) is 0 Å². The van der Waals surface area contributed by atoms with Crippen LogP contribution >= 0.6 is 0 Å². The van der Waals surface area contributed by atoms with Crippen LogP contribution in [0.5, 0.6) is 0 Å². The molecule has 0 bridgehead atoms. The molecule has 0 spiro atoms. The fourth-order valence-corrected chi connectivity index (χ4v) is 5.27. The van der Waals surface area contributed by atoms with Crippen LogP contribution in [-0.4, -0.2) is 29.4 Å². The normalized spacial score (nSPS) is 12.2. The van der Waals surface area contributed by atoms with Gasteiger partial charge in [-0.15, -0.1) is 0 Å². The first kappa shape index (κ1) is 24.1. The first-order valence-electron chi connectivity index (χ1n) is 10.5. The maximum absolute atomic E-state index is 6.12. The van der Waals surface area contributed by atoms with Gasteiger partial charge in [0.1, 0.15) is 0 Å². The third-order valence-corrected chi connectivity index (χ3v) is 7.69. The summed E-state index contributed by atoms with van der Waals surface area (Å²) in [5, 5.41) is 0.330. The highest BCUT2D eigenvalue weighted by Crippen LogP contribution is 2.31. The van der Waals surface area contributed by atoms with Gasteiger partial charge in [0.05, 0.1) is 13.2 Å². The van der Waals surface area contributed by atoms with Gasteiger partial charge in [-0.05, 0) is 11.1 Å². The van der Waals surface area contributed by atoms with Gasteiger partial charge >= 0.3 is 0 Å². The molecular formula is C21H45O2Si. The Hall–Kier alpha value is 0.137. The number of methoxy groups -OCH3 is 1. The number of hydrogen-bond donors (Lipinski definition) is 0. The molecule has 0 aromatic rings. The van der Waals surface area contributed by atoms with Gasteiger partial charge in [-0.1, -0.05) is 105 Å². The molecule has 0 aliphatic rings. The van der Waals surface area contributed by atoms with E-state index in [9.17, 15) is 0 Å². The molecule has 3 heteroatoms. The van der Waals surface area contributed by atoms with Gasteiger partial charge in [0.2, 0.25) is 9.04 Å². The van der Waals surface area contributed by atoms with Crippen molar-refractivity contribution in [2.75, 3.05) is 20.3 Å². The van der Waals surface area contributed by atoms with Gasteiger partial charge in [-0.2, -0.15) is 0 Å². The van der Waals surface area contributed by atoms with Crippen molar-refractivity contribution in [3.05, 3.63) is 0 Å². The van der Waals surface area contributed by atoms with Gasteiger partial charge in [0.15, 0.2) is 0 Å². The van der Waals surface area contributed by atoms with Crippen molar-refractivity contribution >= 4 is 9.04 Å². The molecule has 0 aromatic heterocycles. The second-order valence-corrected chi connectivity index (χ2v) is 11.3. The summed E-state index contributed by atoms with van der Waals surface area (Å²) in [7, 11) is 1.02. The Morgan fingerprint density at radius 1 is 0.667 bits per heavy atom. The smallest absolute Gasteiger partial charge is 0.217 e. The Bertz CT molecular complexity index is 251. The monoisotopic (exact) mass is 357 g/mol. The van der Waals surface area contributed by atoms with E-state index in [2.05, 4.69) is 27.7 Å². The second kappa shape index (κ2) is 16.6. The van der Waals surface area contributed by atoms with E-state index >= 15 is 0 Å². The zero-order valence-corrected chi connectivity index (χ0v) is 18.4. The lowest BCUT2D eigenvalue weighted by Crippen LogP contribution is -2.30. The summed E-state index contributed by atoms with van der Waals surface area (Å²) >= 11 is 0. The van der Waals surface area contributed by atoms with Gasteiger partial charge in [-0.25, -0.2) is 0 Å². The molecule has 2 nitrogen and oxygen atoms in total. The molecule has 0 amide bonds. The summed E-state index contributed by atoms with van der Waals surface area (Å²) in [6.45, 7) is 10.8. The highest BCUT2D eigenvalue weighted by molar-refractivity contribution is 6.55. The summed E-state index contributed by atoms with van der Waals surface area (Å²) in [6, 6.07) is 1.29.